The summed E-state index contributed by atoms with van der Waals surface area (Å²) in [6.45, 7) is 1.89. The average molecular weight is 641 g/mol. The van der Waals surface area contributed by atoms with Crippen molar-refractivity contribution in [2.75, 3.05) is 4.90 Å². The Morgan fingerprint density at radius 3 is 1.33 bits per heavy atom. The van der Waals surface area contributed by atoms with E-state index in [9.17, 15) is 0 Å². The number of imide groups is 1. The monoisotopic (exact) mass is 639 g/mol. The first-order valence-corrected chi connectivity index (χ1v) is 15.9. The molecule has 5 aromatic carbocycles. The maximum atomic E-state index is 15.9. The lowest BCUT2D eigenvalue weighted by molar-refractivity contribution is -0.130. The predicted molar refractivity (Wildman–Crippen MR) is 182 cm³/mol. The zero-order valence-electron chi connectivity index (χ0n) is 24.8. The highest BCUT2D eigenvalue weighted by molar-refractivity contribution is 6.39. The SMILES string of the molecule is Cc1ccccc1N1C(=O)[C@@H]2[C@@H](C1=O)[C@@]1(c3ccc(Cl)cc3)C(=O)[C@@]2(c2ccc(Cl)cc2)C(c2ccccc2)=C1c1ccccc1. The molecular formula is C40H27Cl2NO3. The van der Waals surface area contributed by atoms with Crippen LogP contribution in [0.1, 0.15) is 27.8 Å². The largest absolute Gasteiger partial charge is 0.297 e. The van der Waals surface area contributed by atoms with Crippen molar-refractivity contribution in [2.24, 2.45) is 11.8 Å². The third-order valence-corrected chi connectivity index (χ3v) is 10.6. The first kappa shape index (κ1) is 28.7. The van der Waals surface area contributed by atoms with Gasteiger partial charge in [0.25, 0.3) is 0 Å². The fourth-order valence-corrected chi connectivity index (χ4v) is 8.66. The van der Waals surface area contributed by atoms with Crippen molar-refractivity contribution in [1.29, 1.82) is 0 Å². The Hall–Kier alpha value is -4.77. The molecule has 2 aliphatic carbocycles. The number of benzene rings is 5. The molecule has 2 amide bonds. The Morgan fingerprint density at radius 2 is 0.913 bits per heavy atom. The number of nitrogens with zero attached hydrogens (tertiary/aromatic N) is 1. The zero-order valence-corrected chi connectivity index (χ0v) is 26.3. The van der Waals surface area contributed by atoms with Crippen LogP contribution >= 0.6 is 23.2 Å². The summed E-state index contributed by atoms with van der Waals surface area (Å²) in [4.78, 5) is 47.4. The van der Waals surface area contributed by atoms with Crippen LogP contribution in [-0.2, 0) is 25.2 Å². The van der Waals surface area contributed by atoms with Gasteiger partial charge in [-0.2, -0.15) is 0 Å². The molecule has 1 aliphatic heterocycles. The molecule has 0 aromatic heterocycles. The van der Waals surface area contributed by atoms with E-state index in [-0.39, 0.29) is 17.6 Å². The van der Waals surface area contributed by atoms with E-state index in [2.05, 4.69) is 0 Å². The highest BCUT2D eigenvalue weighted by Crippen LogP contribution is 2.74. The number of amides is 2. The summed E-state index contributed by atoms with van der Waals surface area (Å²) in [6.07, 6.45) is 0. The standard InChI is InChI=1S/C40H27Cl2NO3/c1-24-10-8-9-15-31(24)43-36(44)34-35(37(43)45)40(28-18-22-30(42)23-19-28)33(26-13-6-3-7-14-26)32(25-11-4-2-5-12-25)39(34,38(40)46)27-16-20-29(41)21-17-27/h2-23,34-35H,1H3/t34-,35-,39-,40-/m0/s1. The van der Waals surface area contributed by atoms with Crippen LogP contribution in [0.4, 0.5) is 5.69 Å². The summed E-state index contributed by atoms with van der Waals surface area (Å²) in [5.74, 6) is -2.98. The quantitative estimate of drug-likeness (QED) is 0.181. The van der Waals surface area contributed by atoms with E-state index in [4.69, 9.17) is 23.2 Å². The number of carbonyl (C=O) groups excluding carboxylic acids is 3. The number of para-hydroxylation sites is 1. The summed E-state index contributed by atoms with van der Waals surface area (Å²) in [5.41, 5.74) is 2.68. The lowest BCUT2D eigenvalue weighted by Gasteiger charge is -2.39. The number of carbonyl (C=O) groups is 3. The highest BCUT2D eigenvalue weighted by atomic mass is 35.5. The van der Waals surface area contributed by atoms with Crippen LogP contribution in [0.2, 0.25) is 10.0 Å². The van der Waals surface area contributed by atoms with Crippen molar-refractivity contribution >= 4 is 57.6 Å². The van der Waals surface area contributed by atoms with Gasteiger partial charge in [-0.15, -0.1) is 0 Å². The Kier molecular flexibility index (Phi) is 6.47. The molecule has 224 valence electrons. The number of aryl methyl sites for hydroxylation is 1. The van der Waals surface area contributed by atoms with Crippen LogP contribution in [-0.4, -0.2) is 17.6 Å². The van der Waals surface area contributed by atoms with Gasteiger partial charge in [-0.1, -0.05) is 126 Å². The molecule has 5 aromatic rings. The van der Waals surface area contributed by atoms with E-state index in [1.165, 1.54) is 4.90 Å². The second kappa shape index (κ2) is 10.4. The van der Waals surface area contributed by atoms with Gasteiger partial charge in [-0.3, -0.25) is 14.4 Å². The molecule has 4 nitrogen and oxygen atoms in total. The van der Waals surface area contributed by atoms with Crippen molar-refractivity contribution in [1.82, 2.24) is 0 Å². The van der Waals surface area contributed by atoms with Gasteiger partial charge in [-0.05, 0) is 76.2 Å². The Morgan fingerprint density at radius 1 is 0.522 bits per heavy atom. The number of Topliss-reactive ketones (excluding diaryl/α,β-unsaturated/α-hetero) is 1. The minimum Gasteiger partial charge on any atom is -0.297 e. The lowest BCUT2D eigenvalue weighted by Crippen LogP contribution is -2.45. The maximum absolute atomic E-state index is 15.9. The number of hydrogen-bond acceptors (Lipinski definition) is 3. The average Bonchev–Trinajstić information content (AvgIpc) is 3.58. The van der Waals surface area contributed by atoms with Crippen molar-refractivity contribution in [2.45, 2.75) is 17.8 Å². The number of hydrogen-bond donors (Lipinski definition) is 0. The van der Waals surface area contributed by atoms with E-state index in [0.717, 1.165) is 27.8 Å². The van der Waals surface area contributed by atoms with Crippen molar-refractivity contribution in [3.63, 3.8) is 0 Å². The molecule has 3 aliphatic rings. The minimum absolute atomic E-state index is 0.191. The minimum atomic E-state index is -1.49. The van der Waals surface area contributed by atoms with Gasteiger partial charge in [0.05, 0.1) is 28.4 Å². The summed E-state index contributed by atoms with van der Waals surface area (Å²) in [6, 6.07) is 41.2. The van der Waals surface area contributed by atoms with Crippen LogP contribution < -0.4 is 4.90 Å². The Balaban J connectivity index is 1.57. The molecule has 2 fully saturated rings. The van der Waals surface area contributed by atoms with Crippen LogP contribution in [0.3, 0.4) is 0 Å². The topological polar surface area (TPSA) is 54.5 Å². The summed E-state index contributed by atoms with van der Waals surface area (Å²) in [7, 11) is 0. The number of anilines is 1. The molecule has 0 N–H and O–H groups in total. The van der Waals surface area contributed by atoms with Crippen LogP contribution in [0.25, 0.3) is 11.1 Å². The first-order valence-electron chi connectivity index (χ1n) is 15.2. The van der Waals surface area contributed by atoms with Gasteiger partial charge in [0.2, 0.25) is 11.8 Å². The van der Waals surface area contributed by atoms with E-state index in [1.54, 1.807) is 30.3 Å². The Bertz CT molecular complexity index is 1960. The van der Waals surface area contributed by atoms with E-state index < -0.39 is 22.7 Å². The van der Waals surface area contributed by atoms with E-state index in [0.29, 0.717) is 26.9 Å². The van der Waals surface area contributed by atoms with E-state index >= 15 is 14.4 Å². The molecule has 0 radical (unpaired) electrons. The summed E-state index contributed by atoms with van der Waals surface area (Å²) >= 11 is 12.8. The first-order chi connectivity index (χ1) is 22.3. The number of rotatable bonds is 5. The van der Waals surface area contributed by atoms with Crippen molar-refractivity contribution in [3.8, 4) is 0 Å². The van der Waals surface area contributed by atoms with Crippen LogP contribution in [0.5, 0.6) is 0 Å². The summed E-state index contributed by atoms with van der Waals surface area (Å²) in [5, 5.41) is 1.01. The van der Waals surface area contributed by atoms with Gasteiger partial charge in [0.1, 0.15) is 0 Å². The van der Waals surface area contributed by atoms with E-state index in [1.807, 2.05) is 110 Å². The molecule has 1 saturated carbocycles. The number of halogens is 2. The maximum Gasteiger partial charge on any atom is 0.239 e. The Labute approximate surface area is 276 Å². The zero-order chi connectivity index (χ0) is 31.8. The second-order valence-corrected chi connectivity index (χ2v) is 13.1. The molecule has 1 heterocycles. The third-order valence-electron chi connectivity index (χ3n) is 10.1. The fraction of sp³-hybridized carbons (Fsp3) is 0.125. The smallest absolute Gasteiger partial charge is 0.239 e. The van der Waals surface area contributed by atoms with Gasteiger partial charge in [-0.25, -0.2) is 4.90 Å². The van der Waals surface area contributed by atoms with Crippen LogP contribution in [0, 0.1) is 18.8 Å². The molecule has 6 heteroatoms. The predicted octanol–water partition coefficient (Wildman–Crippen LogP) is 8.49. The molecule has 2 bridgehead atoms. The van der Waals surface area contributed by atoms with Crippen molar-refractivity contribution in [3.05, 3.63) is 171 Å². The van der Waals surface area contributed by atoms with Gasteiger partial charge in [0.15, 0.2) is 5.78 Å². The molecule has 8 rings (SSSR count). The molecule has 4 atom stereocenters. The fourth-order valence-electron chi connectivity index (χ4n) is 8.41. The number of fused-ring (bicyclic) bond motifs is 5. The molecule has 0 unspecified atom stereocenters. The third kappa shape index (κ3) is 3.60. The highest BCUT2D eigenvalue weighted by Gasteiger charge is 2.82. The summed E-state index contributed by atoms with van der Waals surface area (Å²) < 4.78 is 0. The number of ketones is 1. The van der Waals surface area contributed by atoms with Gasteiger partial charge >= 0.3 is 0 Å². The molecule has 0 spiro atoms. The molecular weight excluding hydrogens is 613 g/mol. The molecule has 46 heavy (non-hydrogen) atoms. The second-order valence-electron chi connectivity index (χ2n) is 12.2. The van der Waals surface area contributed by atoms with Gasteiger partial charge in [0, 0.05) is 10.0 Å². The lowest BCUT2D eigenvalue weighted by atomic mass is 9.59. The number of allylic oxidation sites excluding steroid dienone is 2. The van der Waals surface area contributed by atoms with Crippen LogP contribution in [0.15, 0.2) is 133 Å². The molecule has 1 saturated heterocycles. The normalized spacial score (nSPS) is 25.0. The van der Waals surface area contributed by atoms with Crippen molar-refractivity contribution < 1.29 is 14.4 Å². The van der Waals surface area contributed by atoms with Gasteiger partial charge < -0.3 is 0 Å².